The number of para-hydroxylation sites is 2. The topological polar surface area (TPSA) is 51.9 Å². The molecule has 134 valence electrons. The van der Waals surface area contributed by atoms with Gasteiger partial charge in [-0.05, 0) is 29.8 Å². The maximum absolute atomic E-state index is 12.8. The zero-order valence-electron chi connectivity index (χ0n) is 14.6. The monoisotopic (exact) mass is 351 g/mol. The zero-order valence-corrected chi connectivity index (χ0v) is 14.6. The van der Waals surface area contributed by atoms with Crippen LogP contribution in [0.3, 0.4) is 0 Å². The Morgan fingerprint density at radius 3 is 2.35 bits per heavy atom. The van der Waals surface area contributed by atoms with E-state index in [0.29, 0.717) is 24.6 Å². The summed E-state index contributed by atoms with van der Waals surface area (Å²) >= 11 is 0. The predicted octanol–water partition coefficient (Wildman–Crippen LogP) is 3.90. The van der Waals surface area contributed by atoms with Gasteiger partial charge in [0.1, 0.15) is 5.76 Å². The van der Waals surface area contributed by atoms with Gasteiger partial charge in [-0.1, -0.05) is 42.5 Å². The molecule has 0 atom stereocenters. The van der Waals surface area contributed by atoms with Crippen molar-refractivity contribution in [3.63, 3.8) is 0 Å². The van der Waals surface area contributed by atoms with Crippen molar-refractivity contribution in [2.45, 2.75) is 13.1 Å². The summed E-state index contributed by atoms with van der Waals surface area (Å²) in [6.45, 7) is 0.791. The maximum Gasteiger partial charge on any atom is 0.261 e. The highest BCUT2D eigenvalue weighted by Gasteiger charge is 2.17. The molecule has 1 heterocycles. The normalized spacial score (nSPS) is 10.3. The summed E-state index contributed by atoms with van der Waals surface area (Å²) in [5, 5.41) is 0. The van der Waals surface area contributed by atoms with Gasteiger partial charge < -0.3 is 18.8 Å². The van der Waals surface area contributed by atoms with Crippen LogP contribution in [0.5, 0.6) is 11.5 Å². The molecule has 0 N–H and O–H groups in total. The molecule has 0 spiro atoms. The number of methoxy groups -OCH3 is 1. The minimum atomic E-state index is -0.129. The molecular weight excluding hydrogens is 330 g/mol. The highest BCUT2D eigenvalue weighted by Crippen LogP contribution is 2.25. The summed E-state index contributed by atoms with van der Waals surface area (Å²) in [5.41, 5.74) is 1.05. The van der Waals surface area contributed by atoms with Crippen LogP contribution >= 0.6 is 0 Å². The van der Waals surface area contributed by atoms with Crippen molar-refractivity contribution >= 4 is 5.91 Å². The lowest BCUT2D eigenvalue weighted by atomic mass is 10.2. The van der Waals surface area contributed by atoms with E-state index in [1.165, 1.54) is 0 Å². The number of benzene rings is 2. The number of amides is 1. The number of nitrogens with zero attached hydrogens (tertiary/aromatic N) is 1. The molecular formula is C21H21NO4. The van der Waals surface area contributed by atoms with Crippen molar-refractivity contribution in [1.82, 2.24) is 4.90 Å². The molecule has 0 aliphatic rings. The van der Waals surface area contributed by atoms with Gasteiger partial charge in [-0.3, -0.25) is 4.79 Å². The van der Waals surface area contributed by atoms with Gasteiger partial charge >= 0.3 is 0 Å². The standard InChI is InChI=1S/C21H21NO4/c1-24-19-11-5-6-12-20(19)26-16-21(23)22(15-18-10-7-13-25-18)14-17-8-3-2-4-9-17/h2-13H,14-16H2,1H3. The number of ether oxygens (including phenoxy) is 2. The molecule has 1 aromatic heterocycles. The van der Waals surface area contributed by atoms with Crippen LogP contribution in [0.25, 0.3) is 0 Å². The van der Waals surface area contributed by atoms with E-state index in [9.17, 15) is 4.79 Å². The average Bonchev–Trinajstić information content (AvgIpc) is 3.20. The third kappa shape index (κ3) is 4.66. The van der Waals surface area contributed by atoms with Gasteiger partial charge in [0.05, 0.1) is 19.9 Å². The Morgan fingerprint density at radius 2 is 1.65 bits per heavy atom. The van der Waals surface area contributed by atoms with Crippen molar-refractivity contribution in [2.75, 3.05) is 13.7 Å². The second-order valence-corrected chi connectivity index (χ2v) is 5.75. The molecule has 3 rings (SSSR count). The molecule has 0 saturated heterocycles. The SMILES string of the molecule is COc1ccccc1OCC(=O)N(Cc1ccccc1)Cc1ccco1. The molecule has 0 radical (unpaired) electrons. The first-order chi connectivity index (χ1) is 12.8. The number of carbonyl (C=O) groups is 1. The van der Waals surface area contributed by atoms with Crippen LogP contribution in [0, 0.1) is 0 Å². The first kappa shape index (κ1) is 17.6. The molecule has 0 aliphatic carbocycles. The van der Waals surface area contributed by atoms with Gasteiger partial charge in [0.25, 0.3) is 5.91 Å². The smallest absolute Gasteiger partial charge is 0.261 e. The molecule has 0 unspecified atom stereocenters. The summed E-state index contributed by atoms with van der Waals surface area (Å²) in [4.78, 5) is 14.5. The Morgan fingerprint density at radius 1 is 0.923 bits per heavy atom. The molecule has 2 aromatic carbocycles. The van der Waals surface area contributed by atoms with Gasteiger partial charge in [0.2, 0.25) is 0 Å². The number of furan rings is 1. The number of rotatable bonds is 8. The Bertz CT molecular complexity index is 815. The van der Waals surface area contributed by atoms with Gasteiger partial charge in [0.15, 0.2) is 18.1 Å². The first-order valence-electron chi connectivity index (χ1n) is 8.36. The average molecular weight is 351 g/mol. The lowest BCUT2D eigenvalue weighted by Crippen LogP contribution is -2.34. The maximum atomic E-state index is 12.8. The lowest BCUT2D eigenvalue weighted by molar-refractivity contribution is -0.134. The van der Waals surface area contributed by atoms with Gasteiger partial charge in [-0.25, -0.2) is 0 Å². The van der Waals surface area contributed by atoms with E-state index in [0.717, 1.165) is 11.3 Å². The quantitative estimate of drug-likeness (QED) is 0.618. The van der Waals surface area contributed by atoms with E-state index < -0.39 is 0 Å². The highest BCUT2D eigenvalue weighted by molar-refractivity contribution is 5.77. The fourth-order valence-corrected chi connectivity index (χ4v) is 2.60. The van der Waals surface area contributed by atoms with Crippen LogP contribution in [-0.2, 0) is 17.9 Å². The molecule has 26 heavy (non-hydrogen) atoms. The molecule has 0 saturated carbocycles. The van der Waals surface area contributed by atoms with E-state index in [-0.39, 0.29) is 12.5 Å². The Balaban J connectivity index is 1.69. The Labute approximate surface area is 152 Å². The minimum Gasteiger partial charge on any atom is -0.493 e. The van der Waals surface area contributed by atoms with Crippen molar-refractivity contribution in [3.8, 4) is 11.5 Å². The molecule has 5 heteroatoms. The molecule has 0 aliphatic heterocycles. The van der Waals surface area contributed by atoms with Crippen LogP contribution in [-0.4, -0.2) is 24.5 Å². The summed E-state index contributed by atoms with van der Waals surface area (Å²) in [6, 6.07) is 20.8. The van der Waals surface area contributed by atoms with Crippen molar-refractivity contribution < 1.29 is 18.7 Å². The minimum absolute atomic E-state index is 0.0755. The van der Waals surface area contributed by atoms with Gasteiger partial charge in [-0.2, -0.15) is 0 Å². The van der Waals surface area contributed by atoms with Crippen LogP contribution in [0.15, 0.2) is 77.4 Å². The van der Waals surface area contributed by atoms with E-state index >= 15 is 0 Å². The number of carbonyl (C=O) groups excluding carboxylic acids is 1. The summed E-state index contributed by atoms with van der Waals surface area (Å²) in [5.74, 6) is 1.74. The van der Waals surface area contributed by atoms with Crippen LogP contribution < -0.4 is 9.47 Å². The largest absolute Gasteiger partial charge is 0.493 e. The fourth-order valence-electron chi connectivity index (χ4n) is 2.60. The molecule has 3 aromatic rings. The third-order valence-electron chi connectivity index (χ3n) is 3.92. The van der Waals surface area contributed by atoms with Crippen molar-refractivity contribution in [3.05, 3.63) is 84.3 Å². The van der Waals surface area contributed by atoms with Crippen LogP contribution in [0.2, 0.25) is 0 Å². The lowest BCUT2D eigenvalue weighted by Gasteiger charge is -2.22. The third-order valence-corrected chi connectivity index (χ3v) is 3.92. The Kier molecular flexibility index (Phi) is 5.93. The van der Waals surface area contributed by atoms with E-state index in [4.69, 9.17) is 13.9 Å². The Hall–Kier alpha value is -3.21. The van der Waals surface area contributed by atoms with Crippen molar-refractivity contribution in [2.24, 2.45) is 0 Å². The van der Waals surface area contributed by atoms with Crippen LogP contribution in [0.4, 0.5) is 0 Å². The second-order valence-electron chi connectivity index (χ2n) is 5.75. The zero-order chi connectivity index (χ0) is 18.2. The number of hydrogen-bond acceptors (Lipinski definition) is 4. The van der Waals surface area contributed by atoms with E-state index in [2.05, 4.69) is 0 Å². The van der Waals surface area contributed by atoms with Crippen molar-refractivity contribution in [1.29, 1.82) is 0 Å². The first-order valence-corrected chi connectivity index (χ1v) is 8.36. The summed E-state index contributed by atoms with van der Waals surface area (Å²) in [6.07, 6.45) is 1.60. The molecule has 0 bridgehead atoms. The predicted molar refractivity (Wildman–Crippen MR) is 97.9 cm³/mol. The highest BCUT2D eigenvalue weighted by atomic mass is 16.5. The number of hydrogen-bond donors (Lipinski definition) is 0. The summed E-state index contributed by atoms with van der Waals surface area (Å²) in [7, 11) is 1.57. The summed E-state index contributed by atoms with van der Waals surface area (Å²) < 4.78 is 16.3. The fraction of sp³-hybridized carbons (Fsp3) is 0.190. The molecule has 1 amide bonds. The second kappa shape index (κ2) is 8.76. The van der Waals surface area contributed by atoms with Gasteiger partial charge in [-0.15, -0.1) is 0 Å². The van der Waals surface area contributed by atoms with Crippen LogP contribution in [0.1, 0.15) is 11.3 Å². The molecule has 0 fully saturated rings. The van der Waals surface area contributed by atoms with Gasteiger partial charge in [0, 0.05) is 6.54 Å². The van der Waals surface area contributed by atoms with E-state index in [1.54, 1.807) is 30.4 Å². The van der Waals surface area contributed by atoms with E-state index in [1.807, 2.05) is 54.6 Å². The molecule has 5 nitrogen and oxygen atoms in total.